The first-order valence-corrected chi connectivity index (χ1v) is 9.52. The Hall–Kier alpha value is -2.08. The largest absolute Gasteiger partial charge is 0.466 e. The van der Waals surface area contributed by atoms with Gasteiger partial charge in [0, 0.05) is 32.2 Å². The summed E-state index contributed by atoms with van der Waals surface area (Å²) < 4.78 is 4.87. The molecule has 0 unspecified atom stereocenters. The van der Waals surface area contributed by atoms with Gasteiger partial charge in [-0.25, -0.2) is 4.79 Å². The van der Waals surface area contributed by atoms with Gasteiger partial charge >= 0.3 is 12.0 Å². The molecule has 1 saturated heterocycles. The first kappa shape index (κ1) is 20.2. The summed E-state index contributed by atoms with van der Waals surface area (Å²) in [6.07, 6.45) is 3.34. The Balaban J connectivity index is 1.73. The summed E-state index contributed by atoms with van der Waals surface area (Å²) in [5.74, 6) is -0.273. The van der Waals surface area contributed by atoms with E-state index in [0.717, 1.165) is 38.9 Å². The molecule has 2 rings (SSSR count). The Kier molecular flexibility index (Phi) is 8.41. The number of rotatable bonds is 8. The molecule has 0 radical (unpaired) electrons. The highest BCUT2D eigenvalue weighted by molar-refractivity contribution is 5.75. The SMILES string of the molecule is CCOC(=O)CCNC(=O)N1CCC[C@H](N(C)CCc2ccccc2)C1. The van der Waals surface area contributed by atoms with Crippen molar-refractivity contribution >= 4 is 12.0 Å². The van der Waals surface area contributed by atoms with Crippen molar-refractivity contribution in [2.24, 2.45) is 0 Å². The minimum Gasteiger partial charge on any atom is -0.466 e. The van der Waals surface area contributed by atoms with E-state index in [0.29, 0.717) is 19.2 Å². The van der Waals surface area contributed by atoms with Crippen LogP contribution in [0.2, 0.25) is 0 Å². The molecule has 1 fully saturated rings. The minimum absolute atomic E-state index is 0.0875. The Morgan fingerprint density at radius 1 is 1.31 bits per heavy atom. The Bertz CT molecular complexity index is 565. The van der Waals surface area contributed by atoms with E-state index >= 15 is 0 Å². The number of nitrogens with zero attached hydrogens (tertiary/aromatic N) is 2. The summed E-state index contributed by atoms with van der Waals surface area (Å²) >= 11 is 0. The second-order valence-corrected chi connectivity index (χ2v) is 6.75. The first-order chi connectivity index (χ1) is 12.6. The lowest BCUT2D eigenvalue weighted by Crippen LogP contribution is -2.52. The van der Waals surface area contributed by atoms with Gasteiger partial charge in [0.15, 0.2) is 0 Å². The minimum atomic E-state index is -0.273. The summed E-state index contributed by atoms with van der Waals surface area (Å²) in [7, 11) is 2.13. The van der Waals surface area contributed by atoms with Crippen LogP contribution in [0.3, 0.4) is 0 Å². The zero-order valence-electron chi connectivity index (χ0n) is 15.9. The highest BCUT2D eigenvalue weighted by atomic mass is 16.5. The molecule has 1 aliphatic rings. The number of ether oxygens (including phenoxy) is 1. The smallest absolute Gasteiger partial charge is 0.317 e. The fraction of sp³-hybridized carbons (Fsp3) is 0.600. The van der Waals surface area contributed by atoms with E-state index in [1.807, 2.05) is 11.0 Å². The van der Waals surface area contributed by atoms with E-state index in [1.165, 1.54) is 5.56 Å². The van der Waals surface area contributed by atoms with Crippen LogP contribution in [-0.4, -0.2) is 67.7 Å². The fourth-order valence-electron chi connectivity index (χ4n) is 3.25. The van der Waals surface area contributed by atoms with Gasteiger partial charge in [-0.3, -0.25) is 4.79 Å². The third-order valence-electron chi connectivity index (χ3n) is 4.81. The molecule has 0 bridgehead atoms. The molecule has 144 valence electrons. The van der Waals surface area contributed by atoms with Crippen LogP contribution in [0.5, 0.6) is 0 Å². The standard InChI is InChI=1S/C20H31N3O3/c1-3-26-19(24)11-13-21-20(25)23-14-7-10-18(16-23)22(2)15-12-17-8-5-4-6-9-17/h4-6,8-9,18H,3,7,10-16H2,1-2H3,(H,21,25)/t18-/m0/s1. The number of likely N-dealkylation sites (N-methyl/N-ethyl adjacent to an activating group) is 1. The van der Waals surface area contributed by atoms with Gasteiger partial charge in [-0.05, 0) is 38.8 Å². The lowest BCUT2D eigenvalue weighted by Gasteiger charge is -2.37. The molecule has 1 N–H and O–H groups in total. The van der Waals surface area contributed by atoms with Gasteiger partial charge in [0.25, 0.3) is 0 Å². The number of likely N-dealkylation sites (tertiary alicyclic amines) is 1. The van der Waals surface area contributed by atoms with Crippen molar-refractivity contribution < 1.29 is 14.3 Å². The van der Waals surface area contributed by atoms with Crippen molar-refractivity contribution in [1.29, 1.82) is 0 Å². The number of nitrogens with one attached hydrogen (secondary N) is 1. The van der Waals surface area contributed by atoms with Gasteiger partial charge in [0.1, 0.15) is 0 Å². The molecule has 0 spiro atoms. The number of hydrogen-bond donors (Lipinski definition) is 1. The zero-order valence-corrected chi connectivity index (χ0v) is 15.9. The molecule has 2 amide bonds. The molecule has 1 aromatic carbocycles. The van der Waals surface area contributed by atoms with E-state index < -0.39 is 0 Å². The Morgan fingerprint density at radius 3 is 2.81 bits per heavy atom. The number of urea groups is 1. The lowest BCUT2D eigenvalue weighted by molar-refractivity contribution is -0.142. The predicted molar refractivity (Wildman–Crippen MR) is 102 cm³/mol. The van der Waals surface area contributed by atoms with Gasteiger partial charge in [-0.15, -0.1) is 0 Å². The quantitative estimate of drug-likeness (QED) is 0.722. The van der Waals surface area contributed by atoms with E-state index in [9.17, 15) is 9.59 Å². The highest BCUT2D eigenvalue weighted by Gasteiger charge is 2.26. The maximum absolute atomic E-state index is 12.3. The van der Waals surface area contributed by atoms with Gasteiger partial charge in [0.2, 0.25) is 0 Å². The number of carbonyl (C=O) groups excluding carboxylic acids is 2. The van der Waals surface area contributed by atoms with E-state index in [1.54, 1.807) is 6.92 Å². The van der Waals surface area contributed by atoms with Crippen molar-refractivity contribution in [3.63, 3.8) is 0 Å². The second-order valence-electron chi connectivity index (χ2n) is 6.75. The Morgan fingerprint density at radius 2 is 2.08 bits per heavy atom. The van der Waals surface area contributed by atoms with Crippen molar-refractivity contribution in [2.45, 2.75) is 38.6 Å². The molecule has 1 aromatic rings. The van der Waals surface area contributed by atoms with Crippen molar-refractivity contribution in [3.8, 4) is 0 Å². The van der Waals surface area contributed by atoms with Crippen LogP contribution in [0.4, 0.5) is 4.79 Å². The molecule has 6 heteroatoms. The van der Waals surface area contributed by atoms with Crippen molar-refractivity contribution in [2.75, 3.05) is 39.8 Å². The fourth-order valence-corrected chi connectivity index (χ4v) is 3.25. The first-order valence-electron chi connectivity index (χ1n) is 9.52. The molecular formula is C20H31N3O3. The van der Waals surface area contributed by atoms with Gasteiger partial charge < -0.3 is 19.9 Å². The molecule has 1 aliphatic heterocycles. The van der Waals surface area contributed by atoms with Crippen LogP contribution >= 0.6 is 0 Å². The molecule has 0 aliphatic carbocycles. The topological polar surface area (TPSA) is 61.9 Å². The lowest BCUT2D eigenvalue weighted by atomic mass is 10.0. The van der Waals surface area contributed by atoms with Crippen LogP contribution in [0, 0.1) is 0 Å². The maximum atomic E-state index is 12.3. The monoisotopic (exact) mass is 361 g/mol. The number of amides is 2. The van der Waals surface area contributed by atoms with Crippen molar-refractivity contribution in [3.05, 3.63) is 35.9 Å². The average molecular weight is 361 g/mol. The molecule has 1 atom stereocenters. The van der Waals surface area contributed by atoms with Gasteiger partial charge in [-0.2, -0.15) is 0 Å². The van der Waals surface area contributed by atoms with Crippen LogP contribution in [0.25, 0.3) is 0 Å². The second kappa shape index (κ2) is 10.8. The number of esters is 1. The molecular weight excluding hydrogens is 330 g/mol. The maximum Gasteiger partial charge on any atom is 0.317 e. The molecule has 26 heavy (non-hydrogen) atoms. The number of carbonyl (C=O) groups is 2. The summed E-state index contributed by atoms with van der Waals surface area (Å²) in [5.41, 5.74) is 1.34. The van der Waals surface area contributed by atoms with E-state index in [4.69, 9.17) is 4.74 Å². The Labute approximate surface area is 156 Å². The predicted octanol–water partition coefficient (Wildman–Crippen LogP) is 2.29. The van der Waals surface area contributed by atoms with Crippen LogP contribution in [0.15, 0.2) is 30.3 Å². The van der Waals surface area contributed by atoms with E-state index in [-0.39, 0.29) is 18.4 Å². The molecule has 1 heterocycles. The number of piperidine rings is 1. The summed E-state index contributed by atoms with van der Waals surface area (Å²) in [6, 6.07) is 10.8. The van der Waals surface area contributed by atoms with Crippen LogP contribution in [0.1, 0.15) is 31.7 Å². The highest BCUT2D eigenvalue weighted by Crippen LogP contribution is 2.15. The van der Waals surface area contributed by atoms with Crippen molar-refractivity contribution in [1.82, 2.24) is 15.1 Å². The third kappa shape index (κ3) is 6.67. The number of benzene rings is 1. The number of hydrogen-bond acceptors (Lipinski definition) is 4. The normalized spacial score (nSPS) is 17.2. The van der Waals surface area contributed by atoms with E-state index in [2.05, 4.69) is 41.5 Å². The van der Waals surface area contributed by atoms with Gasteiger partial charge in [0.05, 0.1) is 13.0 Å². The van der Waals surface area contributed by atoms with Crippen LogP contribution < -0.4 is 5.32 Å². The zero-order chi connectivity index (χ0) is 18.8. The third-order valence-corrected chi connectivity index (χ3v) is 4.81. The van der Waals surface area contributed by atoms with Gasteiger partial charge in [-0.1, -0.05) is 30.3 Å². The average Bonchev–Trinajstić information content (AvgIpc) is 2.67. The summed E-state index contributed by atoms with van der Waals surface area (Å²) in [6.45, 7) is 4.95. The molecule has 6 nitrogen and oxygen atoms in total. The molecule has 0 aromatic heterocycles. The van der Waals surface area contributed by atoms with Crippen LogP contribution in [-0.2, 0) is 16.0 Å². The summed E-state index contributed by atoms with van der Waals surface area (Å²) in [5, 5.41) is 2.83. The summed E-state index contributed by atoms with van der Waals surface area (Å²) in [4.78, 5) is 27.9. The molecule has 0 saturated carbocycles.